The fraction of sp³-hybridized carbons (Fsp3) is 0.455. The molecule has 0 rings (SSSR count). The van der Waals surface area contributed by atoms with E-state index in [1.54, 1.807) is 25.2 Å². The molecule has 0 radical (unpaired) electrons. The average molecular weight is 198 g/mol. The van der Waals surface area contributed by atoms with Crippen molar-refractivity contribution in [3.63, 3.8) is 0 Å². The summed E-state index contributed by atoms with van der Waals surface area (Å²) in [6, 6.07) is 0. The van der Waals surface area contributed by atoms with Crippen molar-refractivity contribution >= 4 is 0 Å². The molecule has 0 saturated heterocycles. The Morgan fingerprint density at radius 2 is 1.00 bits per heavy atom. The molecule has 0 atom stereocenters. The second-order valence-electron chi connectivity index (χ2n) is 2.62. The molecule has 0 aliphatic carbocycles. The zero-order chi connectivity index (χ0) is 10.9. The third-order valence-electron chi connectivity index (χ3n) is 1.25. The van der Waals surface area contributed by atoms with Gasteiger partial charge in [-0.25, -0.2) is 0 Å². The van der Waals surface area contributed by atoms with E-state index in [1.165, 1.54) is 18.8 Å². The van der Waals surface area contributed by atoms with Crippen LogP contribution in [0.15, 0.2) is 37.0 Å². The summed E-state index contributed by atoms with van der Waals surface area (Å²) in [5, 5.41) is 0. The van der Waals surface area contributed by atoms with Crippen LogP contribution in [0.4, 0.5) is 0 Å². The highest BCUT2D eigenvalue weighted by molar-refractivity contribution is 4.75. The van der Waals surface area contributed by atoms with Gasteiger partial charge in [0.25, 0.3) is 0 Å². The van der Waals surface area contributed by atoms with E-state index in [1.807, 2.05) is 20.8 Å². The Bertz CT molecular complexity index is 181. The number of ether oxygens (including phenoxy) is 3. The average Bonchev–Trinajstić information content (AvgIpc) is 2.21. The molecule has 0 aliphatic heterocycles. The molecule has 0 fully saturated rings. The topological polar surface area (TPSA) is 27.7 Å². The van der Waals surface area contributed by atoms with Crippen LogP contribution in [-0.2, 0) is 14.2 Å². The van der Waals surface area contributed by atoms with Crippen LogP contribution < -0.4 is 0 Å². The molecule has 0 unspecified atom stereocenters. The van der Waals surface area contributed by atoms with Crippen LogP contribution in [0, 0.1) is 0 Å². The lowest BCUT2D eigenvalue weighted by Gasteiger charge is -2.26. The molecule has 0 aromatic rings. The molecule has 0 aromatic carbocycles. The van der Waals surface area contributed by atoms with E-state index < -0.39 is 5.97 Å². The van der Waals surface area contributed by atoms with Gasteiger partial charge in [-0.1, -0.05) is 18.2 Å². The van der Waals surface area contributed by atoms with Crippen LogP contribution in [0.2, 0.25) is 0 Å². The van der Waals surface area contributed by atoms with Crippen molar-refractivity contribution in [2.75, 3.05) is 0 Å². The maximum absolute atomic E-state index is 5.26. The van der Waals surface area contributed by atoms with Gasteiger partial charge in [0.2, 0.25) is 0 Å². The Balaban J connectivity index is 4.30. The van der Waals surface area contributed by atoms with E-state index in [-0.39, 0.29) is 0 Å². The minimum absolute atomic E-state index is 1.11. The molecule has 3 heteroatoms. The molecular formula is C11H18O3. The molecule has 0 amide bonds. The lowest BCUT2D eigenvalue weighted by Crippen LogP contribution is -2.30. The zero-order valence-corrected chi connectivity index (χ0v) is 9.19. The summed E-state index contributed by atoms with van der Waals surface area (Å²) in [4.78, 5) is 0. The van der Waals surface area contributed by atoms with Crippen molar-refractivity contribution in [2.24, 2.45) is 0 Å². The van der Waals surface area contributed by atoms with Gasteiger partial charge in [-0.15, -0.1) is 0 Å². The molecule has 80 valence electrons. The highest BCUT2D eigenvalue weighted by Gasteiger charge is 2.26. The number of hydrogen-bond acceptors (Lipinski definition) is 3. The molecule has 0 spiro atoms. The smallest absolute Gasteiger partial charge is 0.412 e. The Kier molecular flexibility index (Phi) is 6.37. The van der Waals surface area contributed by atoms with E-state index in [0.717, 1.165) is 0 Å². The van der Waals surface area contributed by atoms with Crippen molar-refractivity contribution in [3.05, 3.63) is 37.0 Å². The third kappa shape index (κ3) is 5.30. The standard InChI is InChI=1S/C11H18O3/c1-5-8-12-11(4,13-9-6-2)14-10-7-3/h5-10H,1-4H3/b8-5-,9-6-,10-7-. The predicted molar refractivity (Wildman–Crippen MR) is 56.1 cm³/mol. The van der Waals surface area contributed by atoms with Crippen molar-refractivity contribution in [1.82, 2.24) is 0 Å². The van der Waals surface area contributed by atoms with Crippen LogP contribution in [0.25, 0.3) is 0 Å². The molecule has 0 aromatic heterocycles. The maximum atomic E-state index is 5.26. The van der Waals surface area contributed by atoms with E-state index >= 15 is 0 Å². The van der Waals surface area contributed by atoms with Gasteiger partial charge in [0.1, 0.15) is 0 Å². The van der Waals surface area contributed by atoms with Crippen LogP contribution in [0.1, 0.15) is 27.7 Å². The summed E-state index contributed by atoms with van der Waals surface area (Å²) in [6.07, 6.45) is 9.84. The van der Waals surface area contributed by atoms with Gasteiger partial charge in [0.05, 0.1) is 25.7 Å². The number of hydrogen-bond donors (Lipinski definition) is 0. The van der Waals surface area contributed by atoms with Crippen molar-refractivity contribution < 1.29 is 14.2 Å². The Labute approximate surface area is 85.7 Å². The van der Waals surface area contributed by atoms with Gasteiger partial charge in [-0.05, 0) is 20.8 Å². The minimum atomic E-state index is -1.11. The molecule has 0 saturated carbocycles. The van der Waals surface area contributed by atoms with Gasteiger partial charge in [-0.2, -0.15) is 0 Å². The predicted octanol–water partition coefficient (Wildman–Crippen LogP) is 3.31. The Hall–Kier alpha value is -1.38. The molecule has 0 N–H and O–H groups in total. The quantitative estimate of drug-likeness (QED) is 0.484. The van der Waals surface area contributed by atoms with E-state index in [4.69, 9.17) is 14.2 Å². The first-order valence-electron chi connectivity index (χ1n) is 4.55. The summed E-state index contributed by atoms with van der Waals surface area (Å²) >= 11 is 0. The monoisotopic (exact) mass is 198 g/mol. The van der Waals surface area contributed by atoms with Crippen molar-refractivity contribution in [2.45, 2.75) is 33.7 Å². The van der Waals surface area contributed by atoms with Crippen molar-refractivity contribution in [3.8, 4) is 0 Å². The Morgan fingerprint density at radius 1 is 0.714 bits per heavy atom. The fourth-order valence-corrected chi connectivity index (χ4v) is 0.658. The maximum Gasteiger partial charge on any atom is 0.412 e. The third-order valence-corrected chi connectivity index (χ3v) is 1.25. The highest BCUT2D eigenvalue weighted by Crippen LogP contribution is 2.16. The van der Waals surface area contributed by atoms with E-state index in [0.29, 0.717) is 0 Å². The van der Waals surface area contributed by atoms with Crippen LogP contribution in [-0.4, -0.2) is 5.97 Å². The second-order valence-corrected chi connectivity index (χ2v) is 2.62. The first kappa shape index (κ1) is 12.6. The Morgan fingerprint density at radius 3 is 1.21 bits per heavy atom. The number of allylic oxidation sites excluding steroid dienone is 3. The zero-order valence-electron chi connectivity index (χ0n) is 9.19. The van der Waals surface area contributed by atoms with Gasteiger partial charge >= 0.3 is 5.97 Å². The van der Waals surface area contributed by atoms with Crippen LogP contribution in [0.5, 0.6) is 0 Å². The summed E-state index contributed by atoms with van der Waals surface area (Å²) < 4.78 is 15.8. The SMILES string of the molecule is C/C=C\OC(C)(O/C=C\C)O/C=C\C. The first-order chi connectivity index (χ1) is 6.68. The minimum Gasteiger partial charge on any atom is -0.429 e. The highest BCUT2D eigenvalue weighted by atomic mass is 16.9. The molecule has 0 aliphatic rings. The van der Waals surface area contributed by atoms with Gasteiger partial charge in [0.15, 0.2) is 0 Å². The van der Waals surface area contributed by atoms with Gasteiger partial charge in [-0.3, -0.25) is 0 Å². The summed E-state index contributed by atoms with van der Waals surface area (Å²) in [7, 11) is 0. The van der Waals surface area contributed by atoms with Crippen molar-refractivity contribution in [1.29, 1.82) is 0 Å². The van der Waals surface area contributed by atoms with Crippen LogP contribution >= 0.6 is 0 Å². The lowest BCUT2D eigenvalue weighted by atomic mass is 10.6. The van der Waals surface area contributed by atoms with E-state index in [2.05, 4.69) is 0 Å². The normalized spacial score (nSPS) is 12.9. The number of rotatable bonds is 6. The van der Waals surface area contributed by atoms with E-state index in [9.17, 15) is 0 Å². The largest absolute Gasteiger partial charge is 0.429 e. The summed E-state index contributed by atoms with van der Waals surface area (Å²) in [5.74, 6) is -1.11. The molecule has 14 heavy (non-hydrogen) atoms. The molecular weight excluding hydrogens is 180 g/mol. The first-order valence-corrected chi connectivity index (χ1v) is 4.55. The van der Waals surface area contributed by atoms with Gasteiger partial charge in [0, 0.05) is 0 Å². The molecule has 3 nitrogen and oxygen atoms in total. The summed E-state index contributed by atoms with van der Waals surface area (Å²) in [6.45, 7) is 7.25. The molecule has 0 bridgehead atoms. The lowest BCUT2D eigenvalue weighted by molar-refractivity contribution is -0.305. The fourth-order valence-electron chi connectivity index (χ4n) is 0.658. The second kappa shape index (κ2) is 7.06. The van der Waals surface area contributed by atoms with Crippen LogP contribution in [0.3, 0.4) is 0 Å². The van der Waals surface area contributed by atoms with Gasteiger partial charge < -0.3 is 14.2 Å². The molecule has 0 heterocycles. The summed E-state index contributed by atoms with van der Waals surface area (Å²) in [5.41, 5.74) is 0.